The molecule has 0 saturated heterocycles. The Labute approximate surface area is 148 Å². The molecule has 0 radical (unpaired) electrons. The number of amides is 1. The van der Waals surface area contributed by atoms with Crippen LogP contribution in [-0.2, 0) is 6.54 Å². The molecular formula is C20H26N2OS. The van der Waals surface area contributed by atoms with E-state index in [4.69, 9.17) is 5.73 Å². The van der Waals surface area contributed by atoms with E-state index in [0.29, 0.717) is 17.0 Å². The fourth-order valence-electron chi connectivity index (χ4n) is 3.33. The molecule has 1 heterocycles. The number of nitrogens with two attached hydrogens (primary N) is 1. The summed E-state index contributed by atoms with van der Waals surface area (Å²) in [5, 5.41) is 5.86. The Balaban J connectivity index is 1.60. The molecule has 0 spiro atoms. The normalized spacial score (nSPS) is 17.8. The number of carbonyl (C=O) groups is 1. The molecular weight excluding hydrogens is 316 g/mol. The number of benzene rings is 1. The Morgan fingerprint density at radius 1 is 1.25 bits per heavy atom. The van der Waals surface area contributed by atoms with Gasteiger partial charge in [-0.2, -0.15) is 0 Å². The van der Waals surface area contributed by atoms with Crippen LogP contribution in [0.15, 0.2) is 35.7 Å². The van der Waals surface area contributed by atoms with Crippen LogP contribution in [0, 0.1) is 5.41 Å². The van der Waals surface area contributed by atoms with Gasteiger partial charge in [-0.25, -0.2) is 0 Å². The first kappa shape index (κ1) is 17.2. The Hall–Kier alpha value is -1.65. The lowest BCUT2D eigenvalue weighted by Crippen LogP contribution is -2.34. The van der Waals surface area contributed by atoms with Gasteiger partial charge in [0.15, 0.2) is 0 Å². The Kier molecular flexibility index (Phi) is 5.07. The summed E-state index contributed by atoms with van der Waals surface area (Å²) in [6, 6.07) is 10.4. The third-order valence-corrected chi connectivity index (χ3v) is 5.98. The highest BCUT2D eigenvalue weighted by atomic mass is 32.1. The molecule has 1 aliphatic carbocycles. The monoisotopic (exact) mass is 342 g/mol. The average Bonchev–Trinajstić information content (AvgIpc) is 3.03. The van der Waals surface area contributed by atoms with Crippen molar-refractivity contribution < 1.29 is 4.79 Å². The lowest BCUT2D eigenvalue weighted by molar-refractivity contribution is 0.100. The van der Waals surface area contributed by atoms with E-state index in [1.54, 1.807) is 17.4 Å². The molecule has 24 heavy (non-hydrogen) atoms. The van der Waals surface area contributed by atoms with Crippen LogP contribution in [0.25, 0.3) is 11.1 Å². The fourth-order valence-corrected chi connectivity index (χ4v) is 4.17. The Bertz CT molecular complexity index is 710. The van der Waals surface area contributed by atoms with Crippen LogP contribution in [0.1, 0.15) is 54.8 Å². The van der Waals surface area contributed by atoms with E-state index < -0.39 is 0 Å². The smallest absolute Gasteiger partial charge is 0.248 e. The van der Waals surface area contributed by atoms with Crippen molar-refractivity contribution in [2.45, 2.75) is 52.1 Å². The zero-order valence-corrected chi connectivity index (χ0v) is 15.3. The van der Waals surface area contributed by atoms with Crippen molar-refractivity contribution in [2.75, 3.05) is 0 Å². The van der Waals surface area contributed by atoms with E-state index in [2.05, 4.69) is 30.6 Å². The molecule has 1 fully saturated rings. The molecule has 1 saturated carbocycles. The molecule has 1 amide bonds. The minimum atomic E-state index is -0.380. The molecule has 3 rings (SSSR count). The maximum Gasteiger partial charge on any atom is 0.248 e. The van der Waals surface area contributed by atoms with Crippen LogP contribution in [0.2, 0.25) is 0 Å². The number of hydrogen-bond acceptors (Lipinski definition) is 3. The van der Waals surface area contributed by atoms with Crippen LogP contribution >= 0.6 is 11.3 Å². The minimum Gasteiger partial charge on any atom is -0.366 e. The highest BCUT2D eigenvalue weighted by Crippen LogP contribution is 2.35. The van der Waals surface area contributed by atoms with Gasteiger partial charge in [0.1, 0.15) is 0 Å². The lowest BCUT2D eigenvalue weighted by Gasteiger charge is -2.34. The molecule has 4 heteroatoms. The van der Waals surface area contributed by atoms with E-state index >= 15 is 0 Å². The van der Waals surface area contributed by atoms with Gasteiger partial charge >= 0.3 is 0 Å². The summed E-state index contributed by atoms with van der Waals surface area (Å²) >= 11 is 1.77. The van der Waals surface area contributed by atoms with E-state index in [0.717, 1.165) is 17.7 Å². The van der Waals surface area contributed by atoms with E-state index in [1.165, 1.54) is 30.6 Å². The van der Waals surface area contributed by atoms with Crippen molar-refractivity contribution in [1.82, 2.24) is 5.32 Å². The molecule has 1 aromatic heterocycles. The topological polar surface area (TPSA) is 55.1 Å². The maximum absolute atomic E-state index is 11.3. The molecule has 0 unspecified atom stereocenters. The third-order valence-electron chi connectivity index (χ3n) is 5.04. The van der Waals surface area contributed by atoms with Crippen molar-refractivity contribution in [3.8, 4) is 11.1 Å². The molecule has 128 valence electrons. The number of hydrogen-bond donors (Lipinski definition) is 2. The summed E-state index contributed by atoms with van der Waals surface area (Å²) in [6.45, 7) is 5.66. The fraction of sp³-hybridized carbons (Fsp3) is 0.450. The van der Waals surface area contributed by atoms with Crippen LogP contribution in [0.3, 0.4) is 0 Å². The van der Waals surface area contributed by atoms with Crippen molar-refractivity contribution in [2.24, 2.45) is 11.1 Å². The first-order valence-electron chi connectivity index (χ1n) is 8.64. The van der Waals surface area contributed by atoms with Crippen molar-refractivity contribution in [3.63, 3.8) is 0 Å². The molecule has 2 aromatic rings. The Morgan fingerprint density at radius 3 is 2.71 bits per heavy atom. The second-order valence-electron chi connectivity index (χ2n) is 7.57. The highest BCUT2D eigenvalue weighted by molar-refractivity contribution is 7.10. The molecule has 0 bridgehead atoms. The Morgan fingerprint density at radius 2 is 2.00 bits per heavy atom. The van der Waals surface area contributed by atoms with Gasteiger partial charge in [0.25, 0.3) is 0 Å². The number of rotatable bonds is 5. The van der Waals surface area contributed by atoms with Gasteiger partial charge in [0.2, 0.25) is 5.91 Å². The second kappa shape index (κ2) is 7.08. The zero-order valence-electron chi connectivity index (χ0n) is 14.5. The molecule has 0 atom stereocenters. The van der Waals surface area contributed by atoms with Crippen molar-refractivity contribution >= 4 is 17.2 Å². The summed E-state index contributed by atoms with van der Waals surface area (Å²) in [5.41, 5.74) is 8.65. The minimum absolute atomic E-state index is 0.380. The van der Waals surface area contributed by atoms with Gasteiger partial charge in [0, 0.05) is 23.0 Å². The summed E-state index contributed by atoms with van der Waals surface area (Å²) < 4.78 is 0. The van der Waals surface area contributed by atoms with Gasteiger partial charge in [-0.15, -0.1) is 11.3 Å². The molecule has 3 N–H and O–H groups in total. The van der Waals surface area contributed by atoms with E-state index in [-0.39, 0.29) is 5.91 Å². The zero-order chi connectivity index (χ0) is 17.2. The second-order valence-corrected chi connectivity index (χ2v) is 8.56. The van der Waals surface area contributed by atoms with Crippen LogP contribution in [-0.4, -0.2) is 11.9 Å². The molecule has 1 aromatic carbocycles. The van der Waals surface area contributed by atoms with Gasteiger partial charge in [-0.1, -0.05) is 26.0 Å². The van der Waals surface area contributed by atoms with Gasteiger partial charge in [0.05, 0.1) is 0 Å². The quantitative estimate of drug-likeness (QED) is 0.836. The number of carbonyl (C=O) groups excluding carboxylic acids is 1. The summed E-state index contributed by atoms with van der Waals surface area (Å²) in [6.07, 6.45) is 5.15. The standard InChI is InChI=1S/C20H26N2OS/c1-20(2)8-6-17(7-9-20)22-12-18-11-16(13-24-18)14-4-3-5-15(10-14)19(21)23/h3-5,10-11,13,17,22H,6-9,12H2,1-2H3,(H2,21,23). The van der Waals surface area contributed by atoms with Gasteiger partial charge in [-0.3, -0.25) is 4.79 Å². The summed E-state index contributed by atoms with van der Waals surface area (Å²) in [4.78, 5) is 12.7. The molecule has 1 aliphatic rings. The predicted molar refractivity (Wildman–Crippen MR) is 101 cm³/mol. The van der Waals surface area contributed by atoms with Crippen LogP contribution in [0.4, 0.5) is 0 Å². The summed E-state index contributed by atoms with van der Waals surface area (Å²) in [7, 11) is 0. The van der Waals surface area contributed by atoms with E-state index in [1.807, 2.05) is 18.2 Å². The van der Waals surface area contributed by atoms with Crippen LogP contribution < -0.4 is 11.1 Å². The highest BCUT2D eigenvalue weighted by Gasteiger charge is 2.26. The van der Waals surface area contributed by atoms with Gasteiger partial charge in [-0.05, 0) is 65.8 Å². The first-order valence-corrected chi connectivity index (χ1v) is 9.52. The number of nitrogens with one attached hydrogen (secondary N) is 1. The van der Waals surface area contributed by atoms with Crippen molar-refractivity contribution in [3.05, 3.63) is 46.2 Å². The largest absolute Gasteiger partial charge is 0.366 e. The maximum atomic E-state index is 11.3. The van der Waals surface area contributed by atoms with Crippen molar-refractivity contribution in [1.29, 1.82) is 0 Å². The summed E-state index contributed by atoms with van der Waals surface area (Å²) in [5.74, 6) is -0.380. The number of primary amides is 1. The molecule has 3 nitrogen and oxygen atoms in total. The van der Waals surface area contributed by atoms with E-state index in [9.17, 15) is 4.79 Å². The number of thiophene rings is 1. The first-order chi connectivity index (χ1) is 11.4. The third kappa shape index (κ3) is 4.25. The predicted octanol–water partition coefficient (Wildman–Crippen LogP) is 4.57. The molecule has 0 aliphatic heterocycles. The van der Waals surface area contributed by atoms with Crippen LogP contribution in [0.5, 0.6) is 0 Å². The van der Waals surface area contributed by atoms with Gasteiger partial charge < -0.3 is 11.1 Å². The SMILES string of the molecule is CC1(C)CCC(NCc2cc(-c3cccc(C(N)=O)c3)cs2)CC1. The lowest BCUT2D eigenvalue weighted by atomic mass is 9.75. The average molecular weight is 343 g/mol.